The van der Waals surface area contributed by atoms with Gasteiger partial charge in [0.1, 0.15) is 17.5 Å². The molecule has 0 aromatic carbocycles. The van der Waals surface area contributed by atoms with Gasteiger partial charge in [-0.15, -0.1) is 12.6 Å². The molecule has 3 heterocycles. The maximum Gasteiger partial charge on any atom is 0.252 e. The fraction of sp³-hybridized carbons (Fsp3) is 0.533. The first-order valence-electron chi connectivity index (χ1n) is 14.4. The molecule has 39 heavy (non-hydrogen) atoms. The average Bonchev–Trinajstić information content (AvgIpc) is 3.88. The molecule has 1 atom stereocenters. The van der Waals surface area contributed by atoms with E-state index >= 15 is 0 Å². The molecule has 1 unspecified atom stereocenters. The van der Waals surface area contributed by atoms with Crippen LogP contribution in [0.2, 0.25) is 0 Å². The fourth-order valence-corrected chi connectivity index (χ4v) is 7.51. The normalized spacial score (nSPS) is 22.0. The Morgan fingerprint density at radius 3 is 2.64 bits per heavy atom. The van der Waals surface area contributed by atoms with Crippen molar-refractivity contribution in [3.63, 3.8) is 0 Å². The summed E-state index contributed by atoms with van der Waals surface area (Å²) < 4.78 is 0. The van der Waals surface area contributed by atoms with E-state index in [0.29, 0.717) is 44.7 Å². The summed E-state index contributed by atoms with van der Waals surface area (Å²) >= 11 is 4.29. The number of hydrogen-bond acceptors (Lipinski definition) is 8. The van der Waals surface area contributed by atoms with E-state index in [0.717, 1.165) is 63.5 Å². The highest BCUT2D eigenvalue weighted by atomic mass is 32.1. The average molecular weight is 546 g/mol. The maximum absolute atomic E-state index is 12.1. The van der Waals surface area contributed by atoms with Crippen molar-refractivity contribution in [1.82, 2.24) is 9.97 Å². The van der Waals surface area contributed by atoms with E-state index in [9.17, 15) is 4.79 Å². The number of rotatable bonds is 13. The number of nitrogens with zero attached hydrogens (tertiary/aromatic N) is 3. The number of primary amides is 1. The minimum atomic E-state index is -0.463. The quantitative estimate of drug-likeness (QED) is 0.129. The Kier molecular flexibility index (Phi) is 7.04. The largest absolute Gasteiger partial charge is 0.370 e. The van der Waals surface area contributed by atoms with Crippen molar-refractivity contribution in [2.75, 3.05) is 35.2 Å². The number of fused-ring (bicyclic) bond motifs is 1. The molecule has 9 heteroatoms. The summed E-state index contributed by atoms with van der Waals surface area (Å²) in [6.45, 7) is 2.56. The number of nitrogens with one attached hydrogen (secondary N) is 3. The molecule has 1 saturated heterocycles. The zero-order chi connectivity index (χ0) is 27.0. The van der Waals surface area contributed by atoms with Gasteiger partial charge in [-0.1, -0.05) is 6.07 Å². The van der Waals surface area contributed by atoms with Gasteiger partial charge in [0.25, 0.3) is 5.91 Å². The topological polar surface area (TPSA) is 120 Å². The Labute approximate surface area is 236 Å². The summed E-state index contributed by atoms with van der Waals surface area (Å²) in [7, 11) is 0. The van der Waals surface area contributed by atoms with Gasteiger partial charge in [0.05, 0.1) is 10.6 Å². The number of carbonyl (C=O) groups is 1. The highest BCUT2D eigenvalue weighted by Crippen LogP contribution is 2.93. The molecule has 2 aromatic heterocycles. The maximum atomic E-state index is 12.1. The van der Waals surface area contributed by atoms with Crippen LogP contribution < -0.4 is 21.3 Å². The first-order valence-corrected chi connectivity index (χ1v) is 14.8. The summed E-state index contributed by atoms with van der Waals surface area (Å²) in [4.78, 5) is 23.4. The van der Waals surface area contributed by atoms with Crippen LogP contribution in [-0.4, -0.2) is 41.2 Å². The molecule has 5 N–H and O–H groups in total. The monoisotopic (exact) mass is 545 g/mol. The second-order valence-corrected chi connectivity index (χ2v) is 12.3. The predicted octanol–water partition coefficient (Wildman–Crippen LogP) is 5.50. The Morgan fingerprint density at radius 1 is 1.13 bits per heavy atom. The van der Waals surface area contributed by atoms with Crippen molar-refractivity contribution in [2.24, 2.45) is 28.4 Å². The number of carbonyl (C=O) groups excluding carboxylic acids is 1. The van der Waals surface area contributed by atoms with Gasteiger partial charge < -0.3 is 26.7 Å². The number of thiol groups is 1. The molecule has 2 aromatic rings. The zero-order valence-electron chi connectivity index (χ0n) is 22.5. The van der Waals surface area contributed by atoms with E-state index in [4.69, 9.17) is 16.1 Å². The molecule has 2 spiro atoms. The molecule has 3 aliphatic carbocycles. The number of aromatic nitrogens is 2. The molecule has 1 aliphatic heterocycles. The lowest BCUT2D eigenvalue weighted by Crippen LogP contribution is -2.25. The lowest BCUT2D eigenvalue weighted by atomic mass is 10.0. The van der Waals surface area contributed by atoms with E-state index in [2.05, 4.69) is 33.1 Å². The molecule has 6 rings (SSSR count). The standard InChI is InChI=1S/C30H39N7OS/c31-21(6-8-23-29(12-13-29)30(23)14-15-30)10-17-34-25-9-7-22(27(32)38)28(36-25)37-18-11-20(19-37)3-2-16-33-24-4-1-5-26(39)35-24/h1,4-5,7,9-10,17,20,23,31H,2-3,6,8,11-16,18-19H2,(H2,32,38)(H,34,36)(H2,33,35,39)/b17-10-,31-21?. The second kappa shape index (κ2) is 10.5. The number of hydrogen-bond donors (Lipinski definition) is 5. The first-order chi connectivity index (χ1) is 18.9. The van der Waals surface area contributed by atoms with E-state index in [1.54, 1.807) is 18.3 Å². The third-order valence-electron chi connectivity index (χ3n) is 9.59. The number of pyridine rings is 2. The Bertz CT molecular complexity index is 1270. The lowest BCUT2D eigenvalue weighted by Gasteiger charge is -2.21. The third kappa shape index (κ3) is 5.38. The summed E-state index contributed by atoms with van der Waals surface area (Å²) in [5, 5.41) is 15.6. The van der Waals surface area contributed by atoms with Crippen LogP contribution in [0.25, 0.3) is 0 Å². The van der Waals surface area contributed by atoms with Crippen LogP contribution in [0.1, 0.15) is 68.1 Å². The highest BCUT2D eigenvalue weighted by molar-refractivity contribution is 7.80. The number of amides is 1. The molecule has 206 valence electrons. The molecular weight excluding hydrogens is 506 g/mol. The molecule has 0 bridgehead atoms. The minimum absolute atomic E-state index is 0.449. The molecule has 4 aliphatic rings. The molecule has 0 radical (unpaired) electrons. The van der Waals surface area contributed by atoms with E-state index < -0.39 is 5.91 Å². The van der Waals surface area contributed by atoms with Gasteiger partial charge in [-0.25, -0.2) is 9.97 Å². The first kappa shape index (κ1) is 26.2. The predicted molar refractivity (Wildman–Crippen MR) is 159 cm³/mol. The summed E-state index contributed by atoms with van der Waals surface area (Å²) in [6.07, 6.45) is 14.5. The van der Waals surface area contributed by atoms with Gasteiger partial charge in [0.15, 0.2) is 0 Å². The molecule has 3 saturated carbocycles. The lowest BCUT2D eigenvalue weighted by molar-refractivity contribution is 0.100. The summed E-state index contributed by atoms with van der Waals surface area (Å²) in [5.41, 5.74) is 8.21. The van der Waals surface area contributed by atoms with Crippen LogP contribution in [0, 0.1) is 28.1 Å². The molecule has 8 nitrogen and oxygen atoms in total. The van der Waals surface area contributed by atoms with Gasteiger partial charge in [-0.2, -0.15) is 0 Å². The van der Waals surface area contributed by atoms with E-state index in [1.165, 1.54) is 25.7 Å². The summed E-state index contributed by atoms with van der Waals surface area (Å²) in [5.74, 6) is 3.09. The van der Waals surface area contributed by atoms with Crippen molar-refractivity contribution < 1.29 is 4.79 Å². The van der Waals surface area contributed by atoms with Crippen LogP contribution in [0.15, 0.2) is 47.6 Å². The van der Waals surface area contributed by atoms with E-state index in [-0.39, 0.29) is 0 Å². The van der Waals surface area contributed by atoms with Gasteiger partial charge in [-0.05, 0) is 111 Å². The minimum Gasteiger partial charge on any atom is -0.370 e. The zero-order valence-corrected chi connectivity index (χ0v) is 23.4. The SMILES string of the molecule is N=C(/C=C\Nc1ccc(C(N)=O)c(N2CCC(CCCNc3cccc(S)n3)C2)n1)CCC1C2(CC2)C12CC2. The van der Waals surface area contributed by atoms with Crippen molar-refractivity contribution in [1.29, 1.82) is 5.41 Å². The highest BCUT2D eigenvalue weighted by Gasteiger charge is 2.85. The van der Waals surface area contributed by atoms with E-state index in [1.807, 2.05) is 24.3 Å². The second-order valence-electron chi connectivity index (χ2n) is 11.9. The van der Waals surface area contributed by atoms with Crippen molar-refractivity contribution in [3.05, 3.63) is 48.2 Å². The molecule has 4 fully saturated rings. The van der Waals surface area contributed by atoms with Gasteiger partial charge in [0, 0.05) is 31.5 Å². The van der Waals surface area contributed by atoms with Crippen LogP contribution >= 0.6 is 12.6 Å². The number of nitrogens with two attached hydrogens (primary N) is 1. The molecular formula is C30H39N7OS. The van der Waals surface area contributed by atoms with Crippen molar-refractivity contribution in [2.45, 2.75) is 62.8 Å². The van der Waals surface area contributed by atoms with Gasteiger partial charge >= 0.3 is 0 Å². The van der Waals surface area contributed by atoms with Crippen molar-refractivity contribution in [3.8, 4) is 0 Å². The fourth-order valence-electron chi connectivity index (χ4n) is 7.32. The smallest absolute Gasteiger partial charge is 0.252 e. The van der Waals surface area contributed by atoms with Crippen LogP contribution in [-0.2, 0) is 0 Å². The molecule has 1 amide bonds. The van der Waals surface area contributed by atoms with Gasteiger partial charge in [0.2, 0.25) is 0 Å². The van der Waals surface area contributed by atoms with Crippen molar-refractivity contribution >= 4 is 41.7 Å². The van der Waals surface area contributed by atoms with Crippen LogP contribution in [0.3, 0.4) is 0 Å². The van der Waals surface area contributed by atoms with Gasteiger partial charge in [-0.3, -0.25) is 4.79 Å². The Balaban J connectivity index is 0.983. The van der Waals surface area contributed by atoms with Crippen LogP contribution in [0.5, 0.6) is 0 Å². The Morgan fingerprint density at radius 2 is 1.92 bits per heavy atom. The number of allylic oxidation sites excluding steroid dienone is 1. The third-order valence-corrected chi connectivity index (χ3v) is 9.84. The number of anilines is 3. The summed E-state index contributed by atoms with van der Waals surface area (Å²) in [6, 6.07) is 9.29. The van der Waals surface area contributed by atoms with Crippen LogP contribution in [0.4, 0.5) is 17.5 Å². The Hall–Kier alpha value is -3.07.